The Hall–Kier alpha value is -2.70. The summed E-state index contributed by atoms with van der Waals surface area (Å²) in [5.41, 5.74) is 1.93. The second-order valence-electron chi connectivity index (χ2n) is 7.68. The Bertz CT molecular complexity index is 946. The molecule has 0 spiro atoms. The predicted octanol–water partition coefficient (Wildman–Crippen LogP) is 4.54. The molecule has 1 amide bonds. The highest BCUT2D eigenvalue weighted by Gasteiger charge is 2.31. The van der Waals surface area contributed by atoms with E-state index in [4.69, 9.17) is 4.74 Å². The lowest BCUT2D eigenvalue weighted by molar-refractivity contribution is 0.0877. The smallest absolute Gasteiger partial charge is 0.251 e. The summed E-state index contributed by atoms with van der Waals surface area (Å²) < 4.78 is 5.37. The van der Waals surface area contributed by atoms with Gasteiger partial charge in [-0.15, -0.1) is 11.3 Å². The number of methoxy groups -OCH3 is 1. The van der Waals surface area contributed by atoms with Crippen molar-refractivity contribution in [2.24, 2.45) is 5.92 Å². The van der Waals surface area contributed by atoms with Gasteiger partial charge in [-0.2, -0.15) is 0 Å². The number of nitrogens with zero attached hydrogens (tertiary/aromatic N) is 2. The summed E-state index contributed by atoms with van der Waals surface area (Å²) in [7, 11) is 1.70. The number of piperidine rings is 1. The van der Waals surface area contributed by atoms with Gasteiger partial charge in [-0.1, -0.05) is 30.3 Å². The summed E-state index contributed by atoms with van der Waals surface area (Å²) in [4.78, 5) is 19.9. The predicted molar refractivity (Wildman–Crippen MR) is 120 cm³/mol. The number of nitrogens with one attached hydrogen (secondary N) is 1. The van der Waals surface area contributed by atoms with Crippen LogP contribution < -0.4 is 10.1 Å². The summed E-state index contributed by atoms with van der Waals surface area (Å²) in [6.07, 6.45) is 4.00. The minimum Gasteiger partial charge on any atom is -0.497 e. The van der Waals surface area contributed by atoms with E-state index in [0.29, 0.717) is 11.5 Å². The largest absolute Gasteiger partial charge is 0.497 e. The molecular weight excluding hydrogens is 394 g/mol. The molecule has 6 heteroatoms. The van der Waals surface area contributed by atoms with E-state index in [2.05, 4.69) is 27.3 Å². The third-order valence-electron chi connectivity index (χ3n) is 5.59. The quantitative estimate of drug-likeness (QED) is 0.609. The first-order chi connectivity index (χ1) is 14.7. The number of benzene rings is 2. The van der Waals surface area contributed by atoms with Gasteiger partial charge < -0.3 is 10.1 Å². The molecule has 30 heavy (non-hydrogen) atoms. The lowest BCUT2D eigenvalue weighted by Crippen LogP contribution is -2.42. The van der Waals surface area contributed by atoms with Crippen molar-refractivity contribution < 1.29 is 9.53 Å². The van der Waals surface area contributed by atoms with E-state index in [1.807, 2.05) is 54.0 Å². The molecule has 2 aromatic carbocycles. The van der Waals surface area contributed by atoms with Gasteiger partial charge in [0.2, 0.25) is 0 Å². The van der Waals surface area contributed by atoms with Crippen LogP contribution in [0.2, 0.25) is 0 Å². The molecule has 0 unspecified atom stereocenters. The Morgan fingerprint density at radius 3 is 2.90 bits per heavy atom. The number of rotatable bonds is 7. The highest BCUT2D eigenvalue weighted by Crippen LogP contribution is 2.32. The maximum absolute atomic E-state index is 12.9. The van der Waals surface area contributed by atoms with Crippen molar-refractivity contribution in [1.82, 2.24) is 15.2 Å². The van der Waals surface area contributed by atoms with Gasteiger partial charge in [-0.25, -0.2) is 4.98 Å². The Morgan fingerprint density at radius 2 is 2.13 bits per heavy atom. The van der Waals surface area contributed by atoms with Gasteiger partial charge in [-0.05, 0) is 55.1 Å². The van der Waals surface area contributed by atoms with Gasteiger partial charge in [0, 0.05) is 30.2 Å². The Morgan fingerprint density at radius 1 is 1.27 bits per heavy atom. The van der Waals surface area contributed by atoms with Crippen LogP contribution in [0.5, 0.6) is 5.75 Å². The molecule has 0 radical (unpaired) electrons. The number of carbonyl (C=O) groups is 1. The Kier molecular flexibility index (Phi) is 6.77. The average Bonchev–Trinajstić information content (AvgIpc) is 3.33. The van der Waals surface area contributed by atoms with Crippen molar-refractivity contribution in [3.63, 3.8) is 0 Å². The summed E-state index contributed by atoms with van der Waals surface area (Å²) in [5, 5.41) is 6.23. The van der Waals surface area contributed by atoms with Crippen molar-refractivity contribution in [3.8, 4) is 5.75 Å². The molecule has 1 aromatic heterocycles. The molecule has 1 N–H and O–H groups in total. The maximum atomic E-state index is 12.9. The van der Waals surface area contributed by atoms with Crippen LogP contribution in [0.15, 0.2) is 66.2 Å². The van der Waals surface area contributed by atoms with Crippen molar-refractivity contribution >= 4 is 17.2 Å². The number of likely N-dealkylation sites (tertiary alicyclic amines) is 1. The molecule has 4 rings (SSSR count). The van der Waals surface area contributed by atoms with Crippen molar-refractivity contribution in [3.05, 3.63) is 82.3 Å². The summed E-state index contributed by atoms with van der Waals surface area (Å²) in [5.74, 6) is 1.17. The molecule has 5 nitrogen and oxygen atoms in total. The van der Waals surface area contributed by atoms with E-state index < -0.39 is 0 Å². The highest BCUT2D eigenvalue weighted by atomic mass is 32.1. The molecule has 1 aliphatic rings. The molecule has 3 aromatic rings. The van der Waals surface area contributed by atoms with Gasteiger partial charge in [0.15, 0.2) is 0 Å². The number of hydrogen-bond donors (Lipinski definition) is 1. The van der Waals surface area contributed by atoms with E-state index >= 15 is 0 Å². The molecule has 156 valence electrons. The van der Waals surface area contributed by atoms with Crippen LogP contribution in [-0.2, 0) is 6.54 Å². The number of ether oxygens (including phenoxy) is 1. The number of hydrogen-bond acceptors (Lipinski definition) is 5. The van der Waals surface area contributed by atoms with E-state index in [1.54, 1.807) is 18.4 Å². The first kappa shape index (κ1) is 20.6. The molecule has 2 atom stereocenters. The number of amides is 1. The molecule has 0 aliphatic carbocycles. The van der Waals surface area contributed by atoms with Crippen LogP contribution in [0.4, 0.5) is 0 Å². The first-order valence-corrected chi connectivity index (χ1v) is 11.2. The SMILES string of the molecule is COc1cccc(CN2CCC[C@@H]([C@H](NC(=O)c3ccccc3)c3nccs3)C2)c1. The number of thiazole rings is 1. The van der Waals surface area contributed by atoms with Crippen LogP contribution in [0, 0.1) is 5.92 Å². The fraction of sp³-hybridized carbons (Fsp3) is 0.333. The summed E-state index contributed by atoms with van der Waals surface area (Å²) >= 11 is 1.61. The Labute approximate surface area is 181 Å². The fourth-order valence-corrected chi connectivity index (χ4v) is 4.90. The van der Waals surface area contributed by atoms with Gasteiger partial charge in [0.05, 0.1) is 13.2 Å². The molecule has 1 aliphatic heterocycles. The van der Waals surface area contributed by atoms with E-state index in [0.717, 1.165) is 43.2 Å². The zero-order valence-electron chi connectivity index (χ0n) is 17.2. The maximum Gasteiger partial charge on any atom is 0.251 e. The van der Waals surface area contributed by atoms with Gasteiger partial charge >= 0.3 is 0 Å². The van der Waals surface area contributed by atoms with E-state index in [9.17, 15) is 4.79 Å². The highest BCUT2D eigenvalue weighted by molar-refractivity contribution is 7.09. The van der Waals surface area contributed by atoms with Crippen LogP contribution in [0.1, 0.15) is 39.8 Å². The minimum atomic E-state index is -0.0779. The lowest BCUT2D eigenvalue weighted by atomic mass is 9.90. The average molecular weight is 422 g/mol. The van der Waals surface area contributed by atoms with Crippen molar-refractivity contribution in [2.45, 2.75) is 25.4 Å². The molecule has 0 saturated carbocycles. The van der Waals surface area contributed by atoms with Crippen LogP contribution in [-0.4, -0.2) is 36.0 Å². The Balaban J connectivity index is 1.48. The molecule has 1 saturated heterocycles. The minimum absolute atomic E-state index is 0.0410. The lowest BCUT2D eigenvalue weighted by Gasteiger charge is -2.36. The van der Waals surface area contributed by atoms with Crippen LogP contribution in [0.25, 0.3) is 0 Å². The topological polar surface area (TPSA) is 54.5 Å². The van der Waals surface area contributed by atoms with Gasteiger partial charge in [-0.3, -0.25) is 9.69 Å². The number of aromatic nitrogens is 1. The first-order valence-electron chi connectivity index (χ1n) is 10.3. The third kappa shape index (κ3) is 5.07. The van der Waals surface area contributed by atoms with Crippen molar-refractivity contribution in [2.75, 3.05) is 20.2 Å². The summed E-state index contributed by atoms with van der Waals surface area (Å²) in [6.45, 7) is 2.87. The molecule has 1 fully saturated rings. The molecular formula is C24H27N3O2S. The van der Waals surface area contributed by atoms with Crippen LogP contribution in [0.3, 0.4) is 0 Å². The van der Waals surface area contributed by atoms with Gasteiger partial charge in [0.1, 0.15) is 10.8 Å². The van der Waals surface area contributed by atoms with Crippen LogP contribution >= 0.6 is 11.3 Å². The molecule has 2 heterocycles. The monoisotopic (exact) mass is 421 g/mol. The second kappa shape index (κ2) is 9.87. The summed E-state index contributed by atoms with van der Waals surface area (Å²) in [6, 6.07) is 17.6. The fourth-order valence-electron chi connectivity index (χ4n) is 4.12. The third-order valence-corrected chi connectivity index (χ3v) is 6.45. The second-order valence-corrected chi connectivity index (χ2v) is 8.60. The van der Waals surface area contributed by atoms with E-state index in [1.165, 1.54) is 5.56 Å². The zero-order chi connectivity index (χ0) is 20.8. The van der Waals surface area contributed by atoms with Gasteiger partial charge in [0.25, 0.3) is 5.91 Å². The number of carbonyl (C=O) groups excluding carboxylic acids is 1. The molecule has 0 bridgehead atoms. The normalized spacial score (nSPS) is 18.0. The zero-order valence-corrected chi connectivity index (χ0v) is 18.0. The van der Waals surface area contributed by atoms with E-state index in [-0.39, 0.29) is 11.9 Å². The standard InChI is InChI=1S/C24H27N3O2S/c1-29-21-11-5-7-18(15-21)16-27-13-6-10-20(17-27)22(24-25-12-14-30-24)26-23(28)19-8-3-2-4-9-19/h2-5,7-9,11-12,14-15,20,22H,6,10,13,16-17H2,1H3,(H,26,28)/t20-,22+/m1/s1. The van der Waals surface area contributed by atoms with Crippen molar-refractivity contribution in [1.29, 1.82) is 0 Å².